The van der Waals surface area contributed by atoms with Crippen molar-refractivity contribution in [1.82, 2.24) is 5.32 Å². The number of esters is 1. The fourth-order valence-electron chi connectivity index (χ4n) is 1.81. The Kier molecular flexibility index (Phi) is 1.56. The number of carbonyl (C=O) groups excluding carboxylic acids is 2. The highest BCUT2D eigenvalue weighted by Crippen LogP contribution is 2.31. The van der Waals surface area contributed by atoms with Crippen LogP contribution in [-0.2, 0) is 14.3 Å². The summed E-state index contributed by atoms with van der Waals surface area (Å²) in [5.74, 6) is -0.414. The van der Waals surface area contributed by atoms with Gasteiger partial charge in [-0.15, -0.1) is 0 Å². The van der Waals surface area contributed by atoms with Crippen LogP contribution in [0.1, 0.15) is 19.8 Å². The molecular formula is C8H11NO3. The van der Waals surface area contributed by atoms with Crippen molar-refractivity contribution in [2.24, 2.45) is 5.92 Å². The van der Waals surface area contributed by atoms with E-state index < -0.39 is 0 Å². The molecule has 12 heavy (non-hydrogen) atoms. The van der Waals surface area contributed by atoms with Crippen molar-refractivity contribution in [3.8, 4) is 0 Å². The quantitative estimate of drug-likeness (QED) is 0.584. The fourth-order valence-corrected chi connectivity index (χ4v) is 1.81. The van der Waals surface area contributed by atoms with Gasteiger partial charge in [0.1, 0.15) is 6.10 Å². The van der Waals surface area contributed by atoms with E-state index in [4.69, 9.17) is 4.74 Å². The van der Waals surface area contributed by atoms with Gasteiger partial charge in [-0.2, -0.15) is 0 Å². The number of ether oxygens (including phenoxy) is 1. The second kappa shape index (κ2) is 2.47. The molecule has 0 aromatic carbocycles. The standard InChI is InChI=1S/C8H11NO3/c1-2-3-4-6-5(8(11)12-6)9-7(4)10/h4-6H,2-3H2,1H3,(H,9,10). The molecule has 4 nitrogen and oxygen atoms in total. The minimum absolute atomic E-state index is 0.0299. The summed E-state index contributed by atoms with van der Waals surface area (Å²) >= 11 is 0. The zero-order valence-electron chi connectivity index (χ0n) is 6.87. The summed E-state index contributed by atoms with van der Waals surface area (Å²) in [4.78, 5) is 22.0. The van der Waals surface area contributed by atoms with Gasteiger partial charge in [-0.1, -0.05) is 13.3 Å². The van der Waals surface area contributed by atoms with E-state index >= 15 is 0 Å². The van der Waals surface area contributed by atoms with Gasteiger partial charge in [-0.3, -0.25) is 4.79 Å². The van der Waals surface area contributed by atoms with Crippen molar-refractivity contribution < 1.29 is 14.3 Å². The third-order valence-electron chi connectivity index (χ3n) is 2.47. The van der Waals surface area contributed by atoms with Crippen LogP contribution in [0.3, 0.4) is 0 Å². The van der Waals surface area contributed by atoms with Gasteiger partial charge in [0.05, 0.1) is 5.92 Å². The second-order valence-corrected chi connectivity index (χ2v) is 3.28. The number of carbonyl (C=O) groups is 2. The van der Waals surface area contributed by atoms with Crippen LogP contribution in [0.2, 0.25) is 0 Å². The molecule has 4 heteroatoms. The summed E-state index contributed by atoms with van der Waals surface area (Å²) < 4.78 is 4.88. The van der Waals surface area contributed by atoms with Gasteiger partial charge in [-0.05, 0) is 6.42 Å². The molecule has 2 aliphatic rings. The Balaban J connectivity index is 2.07. The molecule has 0 aromatic rings. The SMILES string of the molecule is CCCC1C(=O)NC2C(=O)OC12. The van der Waals surface area contributed by atoms with E-state index in [1.54, 1.807) is 0 Å². The minimum Gasteiger partial charge on any atom is -0.457 e. The lowest BCUT2D eigenvalue weighted by atomic mass is 9.93. The van der Waals surface area contributed by atoms with Crippen LogP contribution in [0.4, 0.5) is 0 Å². The zero-order chi connectivity index (χ0) is 8.72. The first-order valence-corrected chi connectivity index (χ1v) is 4.25. The first-order valence-electron chi connectivity index (χ1n) is 4.25. The van der Waals surface area contributed by atoms with E-state index in [2.05, 4.69) is 5.32 Å². The number of nitrogens with one attached hydrogen (secondary N) is 1. The van der Waals surface area contributed by atoms with E-state index in [1.165, 1.54) is 0 Å². The smallest absolute Gasteiger partial charge is 0.332 e. The topological polar surface area (TPSA) is 55.4 Å². The maximum absolute atomic E-state index is 11.2. The molecule has 0 radical (unpaired) electrons. The normalized spacial score (nSPS) is 38.2. The van der Waals surface area contributed by atoms with Crippen molar-refractivity contribution in [2.75, 3.05) is 0 Å². The molecule has 2 fully saturated rings. The predicted octanol–water partition coefficient (Wildman–Crippen LogP) is -0.174. The van der Waals surface area contributed by atoms with E-state index in [1.807, 2.05) is 6.92 Å². The summed E-state index contributed by atoms with van der Waals surface area (Å²) in [6.07, 6.45) is 1.57. The van der Waals surface area contributed by atoms with Crippen molar-refractivity contribution in [2.45, 2.75) is 31.9 Å². The molecule has 0 saturated carbocycles. The molecule has 66 valence electrons. The molecule has 1 amide bonds. The largest absolute Gasteiger partial charge is 0.457 e. The number of rotatable bonds is 2. The first-order chi connectivity index (χ1) is 5.74. The molecule has 2 heterocycles. The van der Waals surface area contributed by atoms with Crippen LogP contribution in [0.25, 0.3) is 0 Å². The molecular weight excluding hydrogens is 158 g/mol. The molecule has 1 N–H and O–H groups in total. The molecule has 0 aromatic heterocycles. The van der Waals surface area contributed by atoms with Gasteiger partial charge < -0.3 is 10.1 Å². The van der Waals surface area contributed by atoms with Crippen molar-refractivity contribution >= 4 is 11.9 Å². The first kappa shape index (κ1) is 7.58. The average molecular weight is 169 g/mol. The Morgan fingerprint density at radius 1 is 1.50 bits per heavy atom. The summed E-state index contributed by atoms with van der Waals surface area (Å²) in [5.41, 5.74) is 0. The molecule has 0 bridgehead atoms. The predicted molar refractivity (Wildman–Crippen MR) is 40.2 cm³/mol. The molecule has 0 spiro atoms. The van der Waals surface area contributed by atoms with Crippen molar-refractivity contribution in [3.63, 3.8) is 0 Å². The van der Waals surface area contributed by atoms with Gasteiger partial charge in [0.15, 0.2) is 6.04 Å². The Labute approximate surface area is 70.3 Å². The van der Waals surface area contributed by atoms with Crippen molar-refractivity contribution in [3.05, 3.63) is 0 Å². The highest BCUT2D eigenvalue weighted by Gasteiger charge is 2.55. The monoisotopic (exact) mass is 169 g/mol. The van der Waals surface area contributed by atoms with E-state index in [-0.39, 0.29) is 29.9 Å². The zero-order valence-corrected chi connectivity index (χ0v) is 6.87. The lowest BCUT2D eigenvalue weighted by Crippen LogP contribution is -2.53. The Bertz CT molecular complexity index is 238. The number of hydrogen-bond acceptors (Lipinski definition) is 3. The Morgan fingerprint density at radius 3 is 2.75 bits per heavy atom. The number of hydrogen-bond donors (Lipinski definition) is 1. The van der Waals surface area contributed by atoms with Crippen LogP contribution in [0, 0.1) is 5.92 Å². The molecule has 3 atom stereocenters. The highest BCUT2D eigenvalue weighted by molar-refractivity contribution is 5.95. The maximum atomic E-state index is 11.2. The lowest BCUT2D eigenvalue weighted by molar-refractivity contribution is -0.176. The van der Waals surface area contributed by atoms with Crippen molar-refractivity contribution in [1.29, 1.82) is 0 Å². The number of amides is 1. The van der Waals surface area contributed by atoms with E-state index in [0.717, 1.165) is 12.8 Å². The lowest BCUT2D eigenvalue weighted by Gasteiger charge is -2.30. The van der Waals surface area contributed by atoms with Crippen LogP contribution < -0.4 is 5.32 Å². The summed E-state index contributed by atoms with van der Waals surface area (Å²) in [6.45, 7) is 2.01. The van der Waals surface area contributed by atoms with Crippen LogP contribution in [0.5, 0.6) is 0 Å². The van der Waals surface area contributed by atoms with Gasteiger partial charge in [0, 0.05) is 0 Å². The molecule has 2 aliphatic heterocycles. The third-order valence-corrected chi connectivity index (χ3v) is 2.47. The van der Waals surface area contributed by atoms with Gasteiger partial charge >= 0.3 is 5.97 Å². The van der Waals surface area contributed by atoms with Gasteiger partial charge in [0.2, 0.25) is 5.91 Å². The molecule has 0 aliphatic carbocycles. The van der Waals surface area contributed by atoms with Crippen LogP contribution in [0.15, 0.2) is 0 Å². The second-order valence-electron chi connectivity index (χ2n) is 3.28. The molecule has 3 unspecified atom stereocenters. The van der Waals surface area contributed by atoms with Gasteiger partial charge in [0.25, 0.3) is 0 Å². The summed E-state index contributed by atoms with van der Waals surface area (Å²) in [7, 11) is 0. The fraction of sp³-hybridized carbons (Fsp3) is 0.750. The Morgan fingerprint density at radius 2 is 2.25 bits per heavy atom. The average Bonchev–Trinajstić information content (AvgIpc) is 2.28. The van der Waals surface area contributed by atoms with E-state index in [0.29, 0.717) is 0 Å². The Hall–Kier alpha value is -1.06. The minimum atomic E-state index is -0.339. The van der Waals surface area contributed by atoms with Crippen LogP contribution in [-0.4, -0.2) is 24.0 Å². The molecule has 2 rings (SSSR count). The highest BCUT2D eigenvalue weighted by atomic mass is 16.6. The molecule has 2 saturated heterocycles. The summed E-state index contributed by atoms with van der Waals surface area (Å²) in [6, 6.07) is -0.339. The number of fused-ring (bicyclic) bond motifs is 1. The van der Waals surface area contributed by atoms with E-state index in [9.17, 15) is 9.59 Å². The van der Waals surface area contributed by atoms with Crippen LogP contribution >= 0.6 is 0 Å². The third kappa shape index (κ3) is 0.838. The van der Waals surface area contributed by atoms with Gasteiger partial charge in [-0.25, -0.2) is 4.79 Å². The summed E-state index contributed by atoms with van der Waals surface area (Å²) in [5, 5.41) is 2.62. The maximum Gasteiger partial charge on any atom is 0.332 e.